The molecule has 4 aromatic rings. The quantitative estimate of drug-likeness (QED) is 0.346. The van der Waals surface area contributed by atoms with E-state index in [0.717, 1.165) is 27.7 Å². The van der Waals surface area contributed by atoms with Crippen molar-refractivity contribution in [3.05, 3.63) is 94.5 Å². The van der Waals surface area contributed by atoms with Gasteiger partial charge in [0.15, 0.2) is 0 Å². The molecule has 29 heavy (non-hydrogen) atoms. The Bertz CT molecular complexity index is 1180. The van der Waals surface area contributed by atoms with Gasteiger partial charge in [-0.25, -0.2) is 9.18 Å². The molecule has 0 atom stereocenters. The Morgan fingerprint density at radius 1 is 1.07 bits per heavy atom. The number of fused-ring (bicyclic) bond motifs is 1. The second-order valence-electron chi connectivity index (χ2n) is 6.69. The Labute approximate surface area is 172 Å². The highest BCUT2D eigenvalue weighted by atomic mass is 35.5. The molecule has 0 fully saturated rings. The number of hydrogen-bond acceptors (Lipinski definition) is 3. The van der Waals surface area contributed by atoms with Gasteiger partial charge in [0.25, 0.3) is 0 Å². The predicted molar refractivity (Wildman–Crippen MR) is 112 cm³/mol. The van der Waals surface area contributed by atoms with Crippen LogP contribution in [0.4, 0.5) is 4.39 Å². The first-order valence-electron chi connectivity index (χ1n) is 9.27. The summed E-state index contributed by atoms with van der Waals surface area (Å²) in [5.41, 5.74) is 3.80. The molecule has 0 aliphatic rings. The first-order chi connectivity index (χ1) is 14.0. The molecule has 0 saturated carbocycles. The fourth-order valence-corrected chi connectivity index (χ4v) is 3.64. The summed E-state index contributed by atoms with van der Waals surface area (Å²) in [6, 6.07) is 19.5. The van der Waals surface area contributed by atoms with Crippen molar-refractivity contribution in [2.24, 2.45) is 0 Å². The molecule has 0 N–H and O–H groups in total. The number of furan rings is 1. The first-order valence-corrected chi connectivity index (χ1v) is 9.65. The van der Waals surface area contributed by atoms with Gasteiger partial charge in [0, 0.05) is 16.8 Å². The zero-order valence-electron chi connectivity index (χ0n) is 15.7. The largest absolute Gasteiger partial charge is 0.462 e. The van der Waals surface area contributed by atoms with Crippen LogP contribution >= 0.6 is 11.6 Å². The lowest BCUT2D eigenvalue weighted by atomic mass is 9.99. The topological polar surface area (TPSA) is 39.4 Å². The smallest absolute Gasteiger partial charge is 0.338 e. The molecule has 4 rings (SSSR count). The molecule has 0 unspecified atom stereocenters. The van der Waals surface area contributed by atoms with Gasteiger partial charge >= 0.3 is 5.97 Å². The van der Waals surface area contributed by atoms with Gasteiger partial charge in [0.2, 0.25) is 0 Å². The van der Waals surface area contributed by atoms with E-state index in [1.54, 1.807) is 19.1 Å². The van der Waals surface area contributed by atoms with E-state index in [0.29, 0.717) is 29.4 Å². The number of rotatable bonds is 5. The highest BCUT2D eigenvalue weighted by molar-refractivity contribution is 6.30. The monoisotopic (exact) mass is 408 g/mol. The van der Waals surface area contributed by atoms with E-state index in [9.17, 15) is 9.18 Å². The van der Waals surface area contributed by atoms with Crippen molar-refractivity contribution in [3.8, 4) is 11.1 Å². The van der Waals surface area contributed by atoms with E-state index < -0.39 is 0 Å². The van der Waals surface area contributed by atoms with Crippen molar-refractivity contribution < 1.29 is 18.3 Å². The minimum atomic E-state index is -0.375. The predicted octanol–water partition coefficient (Wildman–Crippen LogP) is 6.66. The second-order valence-corrected chi connectivity index (χ2v) is 7.12. The van der Waals surface area contributed by atoms with Gasteiger partial charge in [0.1, 0.15) is 17.2 Å². The van der Waals surface area contributed by atoms with E-state index >= 15 is 0 Å². The molecule has 0 aliphatic carbocycles. The normalized spacial score (nSPS) is 11.0. The number of benzene rings is 3. The molecule has 0 bridgehead atoms. The SMILES string of the molecule is CCOC(=O)c1cccc(-c2cccc3oc(Cc4cc(F)cc(Cl)c4)cc23)c1. The van der Waals surface area contributed by atoms with Crippen molar-refractivity contribution in [3.63, 3.8) is 0 Å². The van der Waals surface area contributed by atoms with E-state index in [1.807, 2.05) is 42.5 Å². The number of halogens is 2. The van der Waals surface area contributed by atoms with Gasteiger partial charge in [-0.2, -0.15) is 0 Å². The molecule has 0 spiro atoms. The Hall–Kier alpha value is -3.11. The third-order valence-electron chi connectivity index (χ3n) is 4.60. The third kappa shape index (κ3) is 4.17. The molecule has 1 heterocycles. The van der Waals surface area contributed by atoms with E-state index in [4.69, 9.17) is 20.8 Å². The van der Waals surface area contributed by atoms with Crippen LogP contribution in [0.15, 0.2) is 71.1 Å². The zero-order valence-corrected chi connectivity index (χ0v) is 16.5. The maximum Gasteiger partial charge on any atom is 0.338 e. The number of ether oxygens (including phenoxy) is 1. The lowest BCUT2D eigenvalue weighted by molar-refractivity contribution is 0.0526. The molecular formula is C24H18ClFO3. The summed E-state index contributed by atoms with van der Waals surface area (Å²) in [6.45, 7) is 2.11. The summed E-state index contributed by atoms with van der Waals surface area (Å²) in [5.74, 6) is -0.0202. The Balaban J connectivity index is 1.72. The maximum absolute atomic E-state index is 13.6. The summed E-state index contributed by atoms with van der Waals surface area (Å²) in [4.78, 5) is 12.1. The van der Waals surface area contributed by atoms with E-state index in [2.05, 4.69) is 0 Å². The van der Waals surface area contributed by atoms with Crippen LogP contribution in [0.5, 0.6) is 0 Å². The Kier molecular flexibility index (Phi) is 5.36. The van der Waals surface area contributed by atoms with Crippen LogP contribution in [0.3, 0.4) is 0 Å². The van der Waals surface area contributed by atoms with Crippen LogP contribution in [0.2, 0.25) is 5.02 Å². The van der Waals surface area contributed by atoms with Crippen LogP contribution < -0.4 is 0 Å². The molecule has 5 heteroatoms. The van der Waals surface area contributed by atoms with Crippen LogP contribution in [-0.4, -0.2) is 12.6 Å². The lowest BCUT2D eigenvalue weighted by Gasteiger charge is -2.06. The van der Waals surface area contributed by atoms with Crippen LogP contribution in [0.1, 0.15) is 28.6 Å². The Morgan fingerprint density at radius 2 is 1.90 bits per heavy atom. The molecule has 146 valence electrons. The van der Waals surface area contributed by atoms with Crippen molar-refractivity contribution in [2.45, 2.75) is 13.3 Å². The van der Waals surface area contributed by atoms with Gasteiger partial charge in [-0.1, -0.05) is 35.9 Å². The molecule has 0 radical (unpaired) electrons. The standard InChI is InChI=1S/C24H18ClFO3/c1-2-28-24(27)17-6-3-5-16(12-17)21-7-4-8-23-22(21)14-20(29-23)11-15-9-18(25)13-19(26)10-15/h3-10,12-14H,2,11H2,1H3. The van der Waals surface area contributed by atoms with Gasteiger partial charge in [-0.05, 0) is 66.1 Å². The van der Waals surface area contributed by atoms with E-state index in [1.165, 1.54) is 12.1 Å². The van der Waals surface area contributed by atoms with Gasteiger partial charge in [-0.15, -0.1) is 0 Å². The van der Waals surface area contributed by atoms with Crippen molar-refractivity contribution in [1.29, 1.82) is 0 Å². The van der Waals surface area contributed by atoms with Crippen molar-refractivity contribution >= 4 is 28.5 Å². The Morgan fingerprint density at radius 3 is 2.69 bits per heavy atom. The summed E-state index contributed by atoms with van der Waals surface area (Å²) >= 11 is 5.95. The first kappa shape index (κ1) is 19.2. The molecule has 0 saturated heterocycles. The summed E-state index contributed by atoms with van der Waals surface area (Å²) in [5, 5.41) is 1.28. The fraction of sp³-hybridized carbons (Fsp3) is 0.125. The van der Waals surface area contributed by atoms with Gasteiger partial charge in [-0.3, -0.25) is 0 Å². The molecular weight excluding hydrogens is 391 g/mol. The van der Waals surface area contributed by atoms with Crippen LogP contribution in [0.25, 0.3) is 22.1 Å². The van der Waals surface area contributed by atoms with Gasteiger partial charge in [0.05, 0.1) is 12.2 Å². The second kappa shape index (κ2) is 8.10. The maximum atomic E-state index is 13.6. The molecule has 3 aromatic carbocycles. The summed E-state index contributed by atoms with van der Waals surface area (Å²) in [6.07, 6.45) is 0.425. The molecule has 0 amide bonds. The zero-order chi connectivity index (χ0) is 20.4. The average Bonchev–Trinajstić information content (AvgIpc) is 3.09. The average molecular weight is 409 g/mol. The number of carbonyl (C=O) groups excluding carboxylic acids is 1. The fourth-order valence-electron chi connectivity index (χ4n) is 3.39. The third-order valence-corrected chi connectivity index (χ3v) is 4.82. The summed E-state index contributed by atoms with van der Waals surface area (Å²) in [7, 11) is 0. The molecule has 1 aromatic heterocycles. The molecule has 3 nitrogen and oxygen atoms in total. The van der Waals surface area contributed by atoms with Crippen molar-refractivity contribution in [2.75, 3.05) is 6.61 Å². The van der Waals surface area contributed by atoms with Crippen LogP contribution in [0, 0.1) is 5.82 Å². The number of carbonyl (C=O) groups is 1. The van der Waals surface area contributed by atoms with E-state index in [-0.39, 0.29) is 11.8 Å². The number of hydrogen-bond donors (Lipinski definition) is 0. The minimum Gasteiger partial charge on any atom is -0.462 e. The minimum absolute atomic E-state index is 0.327. The van der Waals surface area contributed by atoms with Crippen molar-refractivity contribution in [1.82, 2.24) is 0 Å². The number of esters is 1. The summed E-state index contributed by atoms with van der Waals surface area (Å²) < 4.78 is 24.7. The highest BCUT2D eigenvalue weighted by Crippen LogP contribution is 2.32. The highest BCUT2D eigenvalue weighted by Gasteiger charge is 2.13. The van der Waals surface area contributed by atoms with Crippen LogP contribution in [-0.2, 0) is 11.2 Å². The van der Waals surface area contributed by atoms with Gasteiger partial charge < -0.3 is 9.15 Å². The molecule has 0 aliphatic heterocycles. The lowest BCUT2D eigenvalue weighted by Crippen LogP contribution is -2.04.